The monoisotopic (exact) mass is 418 g/mol. The number of ether oxygens (including phenoxy) is 1. The van der Waals surface area contributed by atoms with E-state index in [1.165, 1.54) is 43.9 Å². The molecule has 6 heteroatoms. The molecular weight excluding hydrogens is 393 g/mol. The Labute approximate surface area is 173 Å². The Morgan fingerprint density at radius 2 is 1.70 bits per heavy atom. The number of rotatable bonds is 9. The average Bonchev–Trinajstić information content (AvgIpc) is 2.72. The van der Waals surface area contributed by atoms with Crippen molar-refractivity contribution in [3.63, 3.8) is 0 Å². The molecule has 3 aromatic rings. The van der Waals surface area contributed by atoms with Gasteiger partial charge in [0.2, 0.25) is 0 Å². The van der Waals surface area contributed by atoms with E-state index >= 15 is 0 Å². The quantitative estimate of drug-likeness (QED) is 0.345. The second-order valence-electron chi connectivity index (χ2n) is 7.33. The number of hydrogen-bond acceptors (Lipinski definition) is 3. The maximum Gasteiger partial charge on any atom is 0.416 e. The molecule has 0 saturated carbocycles. The molecule has 1 aromatic heterocycles. The van der Waals surface area contributed by atoms with Crippen LogP contribution in [0, 0.1) is 0 Å². The zero-order valence-electron chi connectivity index (χ0n) is 16.9. The van der Waals surface area contributed by atoms with Crippen LogP contribution in [0.15, 0.2) is 57.7 Å². The van der Waals surface area contributed by atoms with Crippen LogP contribution in [0.5, 0.6) is 5.75 Å². The fraction of sp³-hybridized carbons (Fsp3) is 0.375. The third-order valence-corrected chi connectivity index (χ3v) is 4.94. The summed E-state index contributed by atoms with van der Waals surface area (Å²) >= 11 is 0. The van der Waals surface area contributed by atoms with Gasteiger partial charge in [-0.25, -0.2) is 0 Å². The molecule has 0 unspecified atom stereocenters. The van der Waals surface area contributed by atoms with Gasteiger partial charge in [0.1, 0.15) is 17.1 Å². The Bertz CT molecular complexity index is 1040. The molecule has 3 rings (SSSR count). The van der Waals surface area contributed by atoms with Gasteiger partial charge in [0.25, 0.3) is 0 Å². The largest absolute Gasteiger partial charge is 0.493 e. The van der Waals surface area contributed by atoms with Gasteiger partial charge in [-0.15, -0.1) is 0 Å². The molecule has 30 heavy (non-hydrogen) atoms. The van der Waals surface area contributed by atoms with Gasteiger partial charge in [0.05, 0.1) is 17.6 Å². The van der Waals surface area contributed by atoms with Crippen molar-refractivity contribution in [1.82, 2.24) is 0 Å². The molecule has 0 N–H and O–H groups in total. The summed E-state index contributed by atoms with van der Waals surface area (Å²) in [5.41, 5.74) is -0.623. The Kier molecular flexibility index (Phi) is 7.19. The second kappa shape index (κ2) is 9.83. The van der Waals surface area contributed by atoms with E-state index in [0.717, 1.165) is 25.0 Å². The molecule has 3 nitrogen and oxygen atoms in total. The molecule has 0 amide bonds. The van der Waals surface area contributed by atoms with Gasteiger partial charge >= 0.3 is 6.18 Å². The van der Waals surface area contributed by atoms with E-state index < -0.39 is 11.7 Å². The van der Waals surface area contributed by atoms with Crippen molar-refractivity contribution in [1.29, 1.82) is 0 Å². The van der Waals surface area contributed by atoms with Crippen molar-refractivity contribution >= 4 is 11.0 Å². The third-order valence-electron chi connectivity index (χ3n) is 4.94. The van der Waals surface area contributed by atoms with E-state index in [4.69, 9.17) is 9.15 Å². The molecule has 0 atom stereocenters. The minimum Gasteiger partial charge on any atom is -0.493 e. The first-order valence-electron chi connectivity index (χ1n) is 10.3. The molecule has 0 aliphatic carbocycles. The SMILES string of the molecule is CCCCCCCCOc1ccc2c(=O)cc(-c3cccc(C(F)(F)F)c3)oc2c1. The lowest BCUT2D eigenvalue weighted by Gasteiger charge is -2.10. The maximum absolute atomic E-state index is 13.0. The van der Waals surface area contributed by atoms with E-state index in [1.54, 1.807) is 18.2 Å². The minimum atomic E-state index is -4.47. The summed E-state index contributed by atoms with van der Waals surface area (Å²) in [6, 6.07) is 10.9. The van der Waals surface area contributed by atoms with Crippen molar-refractivity contribution < 1.29 is 22.3 Å². The van der Waals surface area contributed by atoms with Crippen LogP contribution < -0.4 is 10.2 Å². The van der Waals surface area contributed by atoms with Crippen LogP contribution in [-0.2, 0) is 6.18 Å². The van der Waals surface area contributed by atoms with E-state index in [1.807, 2.05) is 0 Å². The molecule has 0 fully saturated rings. The smallest absolute Gasteiger partial charge is 0.416 e. The first kappa shape index (κ1) is 21.9. The first-order valence-corrected chi connectivity index (χ1v) is 10.3. The van der Waals surface area contributed by atoms with Crippen LogP contribution in [0.4, 0.5) is 13.2 Å². The van der Waals surface area contributed by atoms with E-state index in [9.17, 15) is 18.0 Å². The van der Waals surface area contributed by atoms with E-state index in [-0.39, 0.29) is 22.3 Å². The highest BCUT2D eigenvalue weighted by atomic mass is 19.4. The normalized spacial score (nSPS) is 11.7. The Morgan fingerprint density at radius 1 is 0.933 bits per heavy atom. The Balaban J connectivity index is 1.77. The van der Waals surface area contributed by atoms with Crippen LogP contribution in [0.3, 0.4) is 0 Å². The van der Waals surface area contributed by atoms with Crippen molar-refractivity contribution in [3.05, 3.63) is 64.3 Å². The number of unbranched alkanes of at least 4 members (excludes halogenated alkanes) is 5. The minimum absolute atomic E-state index is 0.0895. The number of hydrogen-bond donors (Lipinski definition) is 0. The van der Waals surface area contributed by atoms with Crippen LogP contribution in [0.25, 0.3) is 22.3 Å². The number of halogens is 3. The summed E-state index contributed by atoms with van der Waals surface area (Å²) in [5.74, 6) is 0.659. The summed E-state index contributed by atoms with van der Waals surface area (Å²) in [6.45, 7) is 2.74. The molecular formula is C24H25F3O3. The fourth-order valence-corrected chi connectivity index (χ4v) is 3.29. The molecule has 0 radical (unpaired) electrons. The lowest BCUT2D eigenvalue weighted by atomic mass is 10.1. The van der Waals surface area contributed by atoms with Crippen molar-refractivity contribution in [3.8, 4) is 17.1 Å². The number of benzene rings is 2. The predicted molar refractivity (Wildman–Crippen MR) is 112 cm³/mol. The lowest BCUT2D eigenvalue weighted by molar-refractivity contribution is -0.137. The second-order valence-corrected chi connectivity index (χ2v) is 7.33. The van der Waals surface area contributed by atoms with Gasteiger partial charge in [0, 0.05) is 17.7 Å². The van der Waals surface area contributed by atoms with E-state index in [2.05, 4.69) is 6.92 Å². The zero-order valence-corrected chi connectivity index (χ0v) is 16.9. The standard InChI is InChI=1S/C24H25F3O3/c1-2-3-4-5-6-7-13-29-19-11-12-20-21(28)16-22(30-23(20)15-19)17-9-8-10-18(14-17)24(25,26)27/h8-12,14-16H,2-7,13H2,1H3. The summed E-state index contributed by atoms with van der Waals surface area (Å²) in [7, 11) is 0. The van der Waals surface area contributed by atoms with Crippen LogP contribution >= 0.6 is 0 Å². The summed E-state index contributed by atoms with van der Waals surface area (Å²) in [6.07, 6.45) is 2.45. The Morgan fingerprint density at radius 3 is 2.47 bits per heavy atom. The average molecular weight is 418 g/mol. The van der Waals surface area contributed by atoms with E-state index in [0.29, 0.717) is 17.7 Å². The molecule has 2 aromatic carbocycles. The molecule has 1 heterocycles. The highest BCUT2D eigenvalue weighted by Crippen LogP contribution is 2.32. The van der Waals surface area contributed by atoms with Gasteiger partial charge < -0.3 is 9.15 Å². The van der Waals surface area contributed by atoms with Crippen LogP contribution in [0.2, 0.25) is 0 Å². The highest BCUT2D eigenvalue weighted by molar-refractivity contribution is 5.80. The van der Waals surface area contributed by atoms with Crippen molar-refractivity contribution in [2.24, 2.45) is 0 Å². The predicted octanol–water partition coefficient (Wildman–Crippen LogP) is 7.22. The van der Waals surface area contributed by atoms with Gasteiger partial charge in [0.15, 0.2) is 5.43 Å². The van der Waals surface area contributed by atoms with Crippen molar-refractivity contribution in [2.75, 3.05) is 6.61 Å². The maximum atomic E-state index is 13.0. The first-order chi connectivity index (χ1) is 14.4. The molecule has 0 spiro atoms. The third kappa shape index (κ3) is 5.65. The molecule has 160 valence electrons. The lowest BCUT2D eigenvalue weighted by Crippen LogP contribution is -2.05. The fourth-order valence-electron chi connectivity index (χ4n) is 3.29. The molecule has 0 saturated heterocycles. The topological polar surface area (TPSA) is 39.4 Å². The molecule has 0 aliphatic heterocycles. The Hall–Kier alpha value is -2.76. The zero-order chi connectivity index (χ0) is 21.6. The molecule has 0 bridgehead atoms. The van der Waals surface area contributed by atoms with Gasteiger partial charge in [-0.1, -0.05) is 51.2 Å². The summed E-state index contributed by atoms with van der Waals surface area (Å²) in [4.78, 5) is 12.4. The van der Waals surface area contributed by atoms with Crippen LogP contribution in [0.1, 0.15) is 51.0 Å². The van der Waals surface area contributed by atoms with Gasteiger partial charge in [-0.05, 0) is 30.7 Å². The highest BCUT2D eigenvalue weighted by Gasteiger charge is 2.30. The van der Waals surface area contributed by atoms with Gasteiger partial charge in [-0.2, -0.15) is 13.2 Å². The van der Waals surface area contributed by atoms with Crippen molar-refractivity contribution in [2.45, 2.75) is 51.6 Å². The van der Waals surface area contributed by atoms with Gasteiger partial charge in [-0.3, -0.25) is 4.79 Å². The number of fused-ring (bicyclic) bond motifs is 1. The molecule has 0 aliphatic rings. The number of alkyl halides is 3. The summed E-state index contributed by atoms with van der Waals surface area (Å²) in [5, 5.41) is 0.359. The van der Waals surface area contributed by atoms with Crippen LogP contribution in [-0.4, -0.2) is 6.61 Å². The summed E-state index contributed by atoms with van der Waals surface area (Å²) < 4.78 is 50.5.